The molecule has 0 amide bonds. The van der Waals surface area contributed by atoms with Crippen LogP contribution >= 0.6 is 0 Å². The predicted octanol–water partition coefficient (Wildman–Crippen LogP) is 3.75. The van der Waals surface area contributed by atoms with Gasteiger partial charge >= 0.3 is 6.61 Å². The second-order valence-electron chi connectivity index (χ2n) is 3.34. The van der Waals surface area contributed by atoms with Gasteiger partial charge in [-0.1, -0.05) is 24.3 Å². The molecular weight excluding hydrogens is 198 g/mol. The number of fused-ring (bicyclic) bond motifs is 1. The highest BCUT2D eigenvalue weighted by atomic mass is 19.3. The van der Waals surface area contributed by atoms with Crippen LogP contribution in [0.3, 0.4) is 0 Å². The third-order valence-corrected chi connectivity index (χ3v) is 2.30. The zero-order valence-corrected chi connectivity index (χ0v) is 8.21. The van der Waals surface area contributed by atoms with Gasteiger partial charge in [0.2, 0.25) is 0 Å². The van der Waals surface area contributed by atoms with E-state index in [0.717, 1.165) is 16.3 Å². The van der Waals surface area contributed by atoms with Crippen LogP contribution in [-0.4, -0.2) is 6.61 Å². The number of aryl methyl sites for hydroxylation is 1. The molecule has 0 atom stereocenters. The highest BCUT2D eigenvalue weighted by Crippen LogP contribution is 2.24. The van der Waals surface area contributed by atoms with Gasteiger partial charge in [0.1, 0.15) is 5.75 Å². The standard InChI is InChI=1S/C12H10F2O/c1-8-3-2-4-9-7-10(15-12(13)14)5-6-11(8)9/h2-7,12H,1H3. The van der Waals surface area contributed by atoms with Crippen molar-refractivity contribution in [3.8, 4) is 5.75 Å². The number of hydrogen-bond acceptors (Lipinski definition) is 1. The lowest BCUT2D eigenvalue weighted by molar-refractivity contribution is -0.0497. The van der Waals surface area contributed by atoms with Gasteiger partial charge in [-0.15, -0.1) is 0 Å². The van der Waals surface area contributed by atoms with Gasteiger partial charge in [0, 0.05) is 0 Å². The Morgan fingerprint density at radius 2 is 1.93 bits per heavy atom. The van der Waals surface area contributed by atoms with Crippen molar-refractivity contribution < 1.29 is 13.5 Å². The second-order valence-corrected chi connectivity index (χ2v) is 3.34. The van der Waals surface area contributed by atoms with E-state index >= 15 is 0 Å². The van der Waals surface area contributed by atoms with Gasteiger partial charge < -0.3 is 4.74 Å². The van der Waals surface area contributed by atoms with Crippen molar-refractivity contribution in [1.29, 1.82) is 0 Å². The normalized spacial score (nSPS) is 10.9. The zero-order chi connectivity index (χ0) is 10.8. The maximum atomic E-state index is 12.0. The van der Waals surface area contributed by atoms with Crippen LogP contribution in [0.4, 0.5) is 8.78 Å². The van der Waals surface area contributed by atoms with E-state index in [1.165, 1.54) is 0 Å². The average Bonchev–Trinajstić information content (AvgIpc) is 2.17. The SMILES string of the molecule is Cc1cccc2cc(OC(F)F)ccc12. The molecule has 2 aromatic rings. The van der Waals surface area contributed by atoms with Gasteiger partial charge in [-0.05, 0) is 35.4 Å². The molecule has 0 fully saturated rings. The Morgan fingerprint density at radius 1 is 1.13 bits per heavy atom. The summed E-state index contributed by atoms with van der Waals surface area (Å²) in [5.74, 6) is 0.197. The Morgan fingerprint density at radius 3 is 2.67 bits per heavy atom. The number of benzene rings is 2. The number of halogens is 2. The monoisotopic (exact) mass is 208 g/mol. The first-order valence-corrected chi connectivity index (χ1v) is 4.61. The molecule has 0 aromatic heterocycles. The molecule has 3 heteroatoms. The number of hydrogen-bond donors (Lipinski definition) is 0. The summed E-state index contributed by atoms with van der Waals surface area (Å²) in [6.45, 7) is -0.789. The third-order valence-electron chi connectivity index (χ3n) is 2.30. The predicted molar refractivity (Wildman–Crippen MR) is 55.3 cm³/mol. The summed E-state index contributed by atoms with van der Waals surface area (Å²) in [5.41, 5.74) is 1.12. The van der Waals surface area contributed by atoms with Crippen molar-refractivity contribution >= 4 is 10.8 Å². The van der Waals surface area contributed by atoms with Gasteiger partial charge in [0.15, 0.2) is 0 Å². The highest BCUT2D eigenvalue weighted by molar-refractivity contribution is 5.86. The van der Waals surface area contributed by atoms with Gasteiger partial charge in [-0.2, -0.15) is 8.78 Å². The molecule has 0 saturated heterocycles. The van der Waals surface area contributed by atoms with Gasteiger partial charge in [0.25, 0.3) is 0 Å². The minimum atomic E-state index is -2.77. The maximum Gasteiger partial charge on any atom is 0.387 e. The molecule has 0 aliphatic heterocycles. The first-order valence-electron chi connectivity index (χ1n) is 4.61. The van der Waals surface area contributed by atoms with E-state index in [9.17, 15) is 8.78 Å². The molecule has 2 aromatic carbocycles. The molecule has 0 bridgehead atoms. The van der Waals surface area contributed by atoms with E-state index in [1.54, 1.807) is 18.2 Å². The smallest absolute Gasteiger partial charge is 0.387 e. The van der Waals surface area contributed by atoms with Crippen molar-refractivity contribution in [2.45, 2.75) is 13.5 Å². The highest BCUT2D eigenvalue weighted by Gasteiger charge is 2.05. The van der Waals surface area contributed by atoms with Gasteiger partial charge in [-0.25, -0.2) is 0 Å². The largest absolute Gasteiger partial charge is 0.435 e. The minimum absolute atomic E-state index is 0.197. The molecule has 0 unspecified atom stereocenters. The van der Waals surface area contributed by atoms with Crippen molar-refractivity contribution in [1.82, 2.24) is 0 Å². The Kier molecular flexibility index (Phi) is 2.54. The Bertz CT molecular complexity index is 480. The summed E-state index contributed by atoms with van der Waals surface area (Å²) >= 11 is 0. The molecule has 1 nitrogen and oxygen atoms in total. The Hall–Kier alpha value is -1.64. The molecule has 0 aliphatic carbocycles. The van der Waals surface area contributed by atoms with Crippen molar-refractivity contribution in [3.63, 3.8) is 0 Å². The number of rotatable bonds is 2. The second kappa shape index (κ2) is 3.85. The van der Waals surface area contributed by atoms with Crippen molar-refractivity contribution in [2.75, 3.05) is 0 Å². The maximum absolute atomic E-state index is 12.0. The average molecular weight is 208 g/mol. The van der Waals surface area contributed by atoms with Crippen molar-refractivity contribution in [2.24, 2.45) is 0 Å². The van der Waals surface area contributed by atoms with Crippen LogP contribution in [0, 0.1) is 6.92 Å². The number of alkyl halides is 2. The first-order chi connectivity index (χ1) is 7.16. The molecule has 0 saturated carbocycles. The number of ether oxygens (including phenoxy) is 1. The summed E-state index contributed by atoms with van der Waals surface area (Å²) in [7, 11) is 0. The van der Waals surface area contributed by atoms with Crippen LogP contribution in [0.2, 0.25) is 0 Å². The van der Waals surface area contributed by atoms with Crippen molar-refractivity contribution in [3.05, 3.63) is 42.0 Å². The van der Waals surface area contributed by atoms with Crippen LogP contribution in [0.5, 0.6) is 5.75 Å². The fourth-order valence-corrected chi connectivity index (χ4v) is 1.60. The van der Waals surface area contributed by atoms with Crippen LogP contribution in [-0.2, 0) is 0 Å². The molecule has 0 aliphatic rings. The summed E-state index contributed by atoms with van der Waals surface area (Å²) in [6, 6.07) is 10.7. The van der Waals surface area contributed by atoms with E-state index < -0.39 is 6.61 Å². The lowest BCUT2D eigenvalue weighted by Crippen LogP contribution is -2.01. The molecule has 78 valence electrons. The van der Waals surface area contributed by atoms with Crippen LogP contribution in [0.25, 0.3) is 10.8 Å². The fraction of sp³-hybridized carbons (Fsp3) is 0.167. The van der Waals surface area contributed by atoms with Crippen LogP contribution < -0.4 is 4.74 Å². The zero-order valence-electron chi connectivity index (χ0n) is 8.21. The summed E-state index contributed by atoms with van der Waals surface area (Å²) in [6.07, 6.45) is 0. The quantitative estimate of drug-likeness (QED) is 0.730. The van der Waals surface area contributed by atoms with Gasteiger partial charge in [0.05, 0.1) is 0 Å². The molecule has 15 heavy (non-hydrogen) atoms. The Labute approximate surface area is 86.3 Å². The molecule has 2 rings (SSSR count). The molecule has 0 heterocycles. The Balaban J connectivity index is 2.48. The van der Waals surface area contributed by atoms with Crippen LogP contribution in [0.15, 0.2) is 36.4 Å². The first kappa shape index (κ1) is 9.90. The van der Waals surface area contributed by atoms with E-state index in [2.05, 4.69) is 4.74 Å². The summed E-state index contributed by atoms with van der Waals surface area (Å²) in [5, 5.41) is 1.97. The molecule has 0 spiro atoms. The lowest BCUT2D eigenvalue weighted by Gasteiger charge is -2.06. The van der Waals surface area contributed by atoms with E-state index in [0.29, 0.717) is 0 Å². The van der Waals surface area contributed by atoms with E-state index in [1.807, 2.05) is 25.1 Å². The van der Waals surface area contributed by atoms with Crippen LogP contribution in [0.1, 0.15) is 5.56 Å². The lowest BCUT2D eigenvalue weighted by atomic mass is 10.1. The van der Waals surface area contributed by atoms with E-state index in [4.69, 9.17) is 0 Å². The van der Waals surface area contributed by atoms with E-state index in [-0.39, 0.29) is 5.75 Å². The summed E-state index contributed by atoms with van der Waals surface area (Å²) < 4.78 is 28.3. The minimum Gasteiger partial charge on any atom is -0.435 e. The molecular formula is C12H10F2O. The summed E-state index contributed by atoms with van der Waals surface area (Å²) in [4.78, 5) is 0. The molecule has 0 N–H and O–H groups in total. The topological polar surface area (TPSA) is 9.23 Å². The fourth-order valence-electron chi connectivity index (χ4n) is 1.60. The molecule has 0 radical (unpaired) electrons. The third kappa shape index (κ3) is 2.06. The van der Waals surface area contributed by atoms with Gasteiger partial charge in [-0.3, -0.25) is 0 Å².